The van der Waals surface area contributed by atoms with Gasteiger partial charge >= 0.3 is 0 Å². The first kappa shape index (κ1) is 11.7. The fourth-order valence-electron chi connectivity index (χ4n) is 2.49. The Balaban J connectivity index is 2.30. The molecule has 1 amide bonds. The van der Waals surface area contributed by atoms with E-state index in [1.54, 1.807) is 11.1 Å². The molecule has 0 bridgehead atoms. The molecule has 1 aliphatic rings. The Morgan fingerprint density at radius 3 is 2.63 bits per heavy atom. The molecule has 2 heterocycles. The van der Waals surface area contributed by atoms with Gasteiger partial charge in [0.1, 0.15) is 0 Å². The molecule has 0 radical (unpaired) electrons. The van der Waals surface area contributed by atoms with Gasteiger partial charge in [0, 0.05) is 19.8 Å². The second kappa shape index (κ2) is 4.39. The fourth-order valence-corrected chi connectivity index (χ4v) is 2.49. The Hall–Kier alpha value is -2.36. The minimum atomic E-state index is 0.0247. The van der Waals surface area contributed by atoms with Crippen molar-refractivity contribution in [2.75, 3.05) is 23.4 Å². The Kier molecular flexibility index (Phi) is 2.71. The second-order valence-corrected chi connectivity index (χ2v) is 4.47. The number of rotatable bonds is 1. The molecule has 2 aromatic rings. The molecule has 96 valence electrons. The van der Waals surface area contributed by atoms with E-state index in [0.29, 0.717) is 12.1 Å². The van der Waals surface area contributed by atoms with Crippen molar-refractivity contribution in [2.24, 2.45) is 0 Å². The number of benzene rings is 1. The van der Waals surface area contributed by atoms with Crippen LogP contribution < -0.4 is 9.80 Å². The van der Waals surface area contributed by atoms with Gasteiger partial charge in [0.2, 0.25) is 0 Å². The van der Waals surface area contributed by atoms with E-state index in [9.17, 15) is 4.79 Å². The normalized spacial score (nSPS) is 13.9. The van der Waals surface area contributed by atoms with E-state index < -0.39 is 0 Å². The van der Waals surface area contributed by atoms with Crippen LogP contribution in [0.25, 0.3) is 0 Å². The maximum Gasteiger partial charge on any atom is 0.260 e. The summed E-state index contributed by atoms with van der Waals surface area (Å²) in [6, 6.07) is 11.4. The summed E-state index contributed by atoms with van der Waals surface area (Å²) >= 11 is 0. The monoisotopic (exact) mass is 253 g/mol. The van der Waals surface area contributed by atoms with Crippen LogP contribution >= 0.6 is 0 Å². The molecule has 1 aromatic carbocycles. The zero-order valence-corrected chi connectivity index (χ0v) is 11.0. The minimum absolute atomic E-state index is 0.0247. The molecule has 0 atom stereocenters. The van der Waals surface area contributed by atoms with Crippen molar-refractivity contribution in [3.05, 3.63) is 48.2 Å². The SMILES string of the molecule is CCN1C(=O)c2ccccc2N(C)c2ncccc21. The molecule has 4 heteroatoms. The summed E-state index contributed by atoms with van der Waals surface area (Å²) in [6.07, 6.45) is 1.75. The number of pyridine rings is 1. The van der Waals surface area contributed by atoms with Crippen molar-refractivity contribution in [3.63, 3.8) is 0 Å². The van der Waals surface area contributed by atoms with Gasteiger partial charge in [0.15, 0.2) is 5.82 Å². The third kappa shape index (κ3) is 1.68. The lowest BCUT2D eigenvalue weighted by molar-refractivity contribution is 0.0989. The van der Waals surface area contributed by atoms with E-state index in [0.717, 1.165) is 17.2 Å². The minimum Gasteiger partial charge on any atom is -0.327 e. The average molecular weight is 253 g/mol. The molecule has 0 fully saturated rings. The molecule has 1 aliphatic heterocycles. The molecular weight excluding hydrogens is 238 g/mol. The van der Waals surface area contributed by atoms with E-state index >= 15 is 0 Å². The number of fused-ring (bicyclic) bond motifs is 2. The first-order chi connectivity index (χ1) is 9.24. The van der Waals surface area contributed by atoms with Crippen molar-refractivity contribution in [3.8, 4) is 0 Å². The smallest absolute Gasteiger partial charge is 0.260 e. The van der Waals surface area contributed by atoms with E-state index in [-0.39, 0.29) is 5.91 Å². The van der Waals surface area contributed by atoms with Crippen LogP contribution in [-0.2, 0) is 0 Å². The number of hydrogen-bond acceptors (Lipinski definition) is 3. The van der Waals surface area contributed by atoms with E-state index in [2.05, 4.69) is 4.98 Å². The quantitative estimate of drug-likeness (QED) is 0.784. The van der Waals surface area contributed by atoms with Crippen LogP contribution in [0.4, 0.5) is 17.2 Å². The van der Waals surface area contributed by atoms with Crippen molar-refractivity contribution in [1.29, 1.82) is 0 Å². The number of anilines is 3. The topological polar surface area (TPSA) is 36.4 Å². The Bertz CT molecular complexity index is 639. The van der Waals surface area contributed by atoms with Crippen LogP contribution in [0.15, 0.2) is 42.6 Å². The average Bonchev–Trinajstić information content (AvgIpc) is 2.55. The van der Waals surface area contributed by atoms with Crippen LogP contribution in [0.3, 0.4) is 0 Å². The number of nitrogens with zero attached hydrogens (tertiary/aromatic N) is 3. The second-order valence-electron chi connectivity index (χ2n) is 4.47. The third-order valence-corrected chi connectivity index (χ3v) is 3.43. The highest BCUT2D eigenvalue weighted by Gasteiger charge is 2.28. The number of aromatic nitrogens is 1. The molecule has 3 rings (SSSR count). The third-order valence-electron chi connectivity index (χ3n) is 3.43. The highest BCUT2D eigenvalue weighted by molar-refractivity contribution is 6.13. The molecule has 0 saturated carbocycles. The predicted molar refractivity (Wildman–Crippen MR) is 76.1 cm³/mol. The van der Waals surface area contributed by atoms with Gasteiger partial charge in [-0.05, 0) is 31.2 Å². The van der Waals surface area contributed by atoms with Crippen molar-refractivity contribution < 1.29 is 4.79 Å². The summed E-state index contributed by atoms with van der Waals surface area (Å²) in [5.74, 6) is 0.833. The zero-order chi connectivity index (χ0) is 13.4. The molecule has 0 unspecified atom stereocenters. The summed E-state index contributed by atoms with van der Waals surface area (Å²) in [5, 5.41) is 0. The predicted octanol–water partition coefficient (Wildman–Crippen LogP) is 2.83. The lowest BCUT2D eigenvalue weighted by atomic mass is 10.1. The van der Waals surface area contributed by atoms with Crippen LogP contribution in [0.5, 0.6) is 0 Å². The van der Waals surface area contributed by atoms with Crippen molar-refractivity contribution in [2.45, 2.75) is 6.92 Å². The lowest BCUT2D eigenvalue weighted by Gasteiger charge is -2.22. The fraction of sp³-hybridized carbons (Fsp3) is 0.200. The van der Waals surface area contributed by atoms with Crippen LogP contribution in [0.1, 0.15) is 17.3 Å². The van der Waals surface area contributed by atoms with Gasteiger partial charge in [0.25, 0.3) is 5.91 Å². The zero-order valence-electron chi connectivity index (χ0n) is 11.0. The van der Waals surface area contributed by atoms with E-state index in [1.165, 1.54) is 0 Å². The molecule has 0 spiro atoms. The first-order valence-corrected chi connectivity index (χ1v) is 6.33. The van der Waals surface area contributed by atoms with Crippen LogP contribution in [-0.4, -0.2) is 24.5 Å². The number of para-hydroxylation sites is 1. The molecule has 1 aromatic heterocycles. The number of amides is 1. The van der Waals surface area contributed by atoms with Gasteiger partial charge in [-0.15, -0.1) is 0 Å². The van der Waals surface area contributed by atoms with Crippen molar-refractivity contribution >= 4 is 23.1 Å². The molecule has 19 heavy (non-hydrogen) atoms. The summed E-state index contributed by atoms with van der Waals surface area (Å²) < 4.78 is 0. The van der Waals surface area contributed by atoms with Crippen molar-refractivity contribution in [1.82, 2.24) is 4.98 Å². The van der Waals surface area contributed by atoms with Crippen LogP contribution in [0, 0.1) is 0 Å². The van der Waals surface area contributed by atoms with Gasteiger partial charge in [-0.1, -0.05) is 12.1 Å². The standard InChI is InChI=1S/C15H15N3O/c1-3-18-13-9-6-10-16-14(13)17(2)12-8-5-4-7-11(12)15(18)19/h4-10H,3H2,1-2H3. The highest BCUT2D eigenvalue weighted by atomic mass is 16.2. The lowest BCUT2D eigenvalue weighted by Crippen LogP contribution is -2.29. The molecule has 0 aliphatic carbocycles. The maximum atomic E-state index is 12.6. The molecule has 0 N–H and O–H groups in total. The molecule has 4 nitrogen and oxygen atoms in total. The summed E-state index contributed by atoms with van der Waals surface area (Å²) in [4.78, 5) is 20.8. The van der Waals surface area contributed by atoms with Gasteiger partial charge in [-0.25, -0.2) is 4.98 Å². The summed E-state index contributed by atoms with van der Waals surface area (Å²) in [5.41, 5.74) is 2.46. The Morgan fingerprint density at radius 2 is 1.84 bits per heavy atom. The largest absolute Gasteiger partial charge is 0.327 e. The van der Waals surface area contributed by atoms with Gasteiger partial charge in [-0.3, -0.25) is 4.79 Å². The number of hydrogen-bond donors (Lipinski definition) is 0. The van der Waals surface area contributed by atoms with Gasteiger partial charge < -0.3 is 9.80 Å². The highest BCUT2D eigenvalue weighted by Crippen LogP contribution is 2.37. The van der Waals surface area contributed by atoms with Gasteiger partial charge in [0.05, 0.1) is 16.9 Å². The maximum absolute atomic E-state index is 12.6. The number of carbonyl (C=O) groups excluding carboxylic acids is 1. The summed E-state index contributed by atoms with van der Waals surface area (Å²) in [6.45, 7) is 2.60. The summed E-state index contributed by atoms with van der Waals surface area (Å²) in [7, 11) is 1.94. The Labute approximate surface area is 112 Å². The van der Waals surface area contributed by atoms with Crippen LogP contribution in [0.2, 0.25) is 0 Å². The molecule has 0 saturated heterocycles. The number of carbonyl (C=O) groups is 1. The first-order valence-electron chi connectivity index (χ1n) is 6.33. The van der Waals surface area contributed by atoms with E-state index in [1.807, 2.05) is 55.3 Å². The van der Waals surface area contributed by atoms with Gasteiger partial charge in [-0.2, -0.15) is 0 Å². The molecular formula is C15H15N3O. The Morgan fingerprint density at radius 1 is 1.11 bits per heavy atom. The van der Waals surface area contributed by atoms with E-state index in [4.69, 9.17) is 0 Å².